The average Bonchev–Trinajstić information content (AvgIpc) is 3.14. The van der Waals surface area contributed by atoms with E-state index in [1.807, 2.05) is 4.90 Å². The molecule has 3 heterocycles. The average molecular weight is 437 g/mol. The molecule has 2 atom stereocenters. The van der Waals surface area contributed by atoms with Crippen LogP contribution in [0, 0.1) is 5.92 Å². The molecule has 1 aromatic heterocycles. The number of likely N-dealkylation sites (tertiary alicyclic amines) is 1. The summed E-state index contributed by atoms with van der Waals surface area (Å²) >= 11 is 0. The Bertz CT molecular complexity index is 708. The maximum absolute atomic E-state index is 12.6. The van der Waals surface area contributed by atoms with Crippen molar-refractivity contribution in [2.45, 2.75) is 45.4 Å². The Morgan fingerprint density at radius 2 is 1.94 bits per heavy atom. The third-order valence-electron chi connectivity index (χ3n) is 5.73. The Morgan fingerprint density at radius 1 is 1.23 bits per heavy atom. The largest absolute Gasteiger partial charge is 0.383 e. The van der Waals surface area contributed by atoms with Crippen molar-refractivity contribution in [2.75, 3.05) is 58.3 Å². The fourth-order valence-corrected chi connectivity index (χ4v) is 4.33. The van der Waals surface area contributed by atoms with E-state index in [1.165, 1.54) is 4.68 Å². The lowest BCUT2D eigenvalue weighted by atomic mass is 9.96. The van der Waals surface area contributed by atoms with E-state index >= 15 is 0 Å². The van der Waals surface area contributed by atoms with E-state index in [-0.39, 0.29) is 30.7 Å². The minimum atomic E-state index is -0.149. The van der Waals surface area contributed by atoms with Gasteiger partial charge in [0.15, 0.2) is 0 Å². The van der Waals surface area contributed by atoms with Crippen molar-refractivity contribution in [1.29, 1.82) is 0 Å². The monoisotopic (exact) mass is 436 g/mol. The fourth-order valence-electron chi connectivity index (χ4n) is 4.33. The van der Waals surface area contributed by atoms with Crippen LogP contribution in [0.25, 0.3) is 0 Å². The fraction of sp³-hybridized carbons (Fsp3) is 0.762. The third kappa shape index (κ3) is 7.48. The van der Waals surface area contributed by atoms with E-state index in [9.17, 15) is 9.59 Å². The molecule has 0 bridgehead atoms. The van der Waals surface area contributed by atoms with Gasteiger partial charge in [-0.3, -0.25) is 14.4 Å². The number of anilines is 1. The second-order valence-electron chi connectivity index (χ2n) is 8.61. The molecule has 0 radical (unpaired) electrons. The van der Waals surface area contributed by atoms with Crippen LogP contribution in [0.1, 0.15) is 26.7 Å². The molecular formula is C21H36N6O4. The van der Waals surface area contributed by atoms with Crippen molar-refractivity contribution < 1.29 is 19.1 Å². The van der Waals surface area contributed by atoms with E-state index < -0.39 is 0 Å². The molecule has 2 aliphatic rings. The van der Waals surface area contributed by atoms with Crippen LogP contribution in [0.3, 0.4) is 0 Å². The van der Waals surface area contributed by atoms with Crippen molar-refractivity contribution in [3.05, 3.63) is 12.4 Å². The lowest BCUT2D eigenvalue weighted by Gasteiger charge is -2.39. The first-order valence-corrected chi connectivity index (χ1v) is 11.1. The molecular weight excluding hydrogens is 400 g/mol. The number of nitrogens with zero attached hydrogens (tertiary/aromatic N) is 4. The molecule has 0 aromatic carbocycles. The SMILES string of the molecule is COCCNC(=O)Cn1cc(NC(=O)N2CCC(CN3C[C@@H](C)O[C@@H](C)C3)CC2)cn1. The molecule has 3 rings (SSSR count). The van der Waals surface area contributed by atoms with Gasteiger partial charge >= 0.3 is 6.03 Å². The molecule has 2 N–H and O–H groups in total. The van der Waals surface area contributed by atoms with E-state index in [4.69, 9.17) is 9.47 Å². The van der Waals surface area contributed by atoms with Gasteiger partial charge in [-0.2, -0.15) is 5.10 Å². The van der Waals surface area contributed by atoms with Crippen molar-refractivity contribution in [3.8, 4) is 0 Å². The van der Waals surface area contributed by atoms with Gasteiger partial charge in [0.1, 0.15) is 6.54 Å². The van der Waals surface area contributed by atoms with Gasteiger partial charge in [-0.15, -0.1) is 0 Å². The standard InChI is InChI=1S/C21H36N6O4/c1-16-11-25(12-17(2)31-16)13-18-4-7-26(8-5-18)21(29)24-19-10-23-27(14-19)15-20(28)22-6-9-30-3/h10,14,16-18H,4-9,11-13,15H2,1-3H3,(H,22,28)(H,24,29)/t16-,17+. The molecule has 1 aromatic rings. The Morgan fingerprint density at radius 3 is 2.61 bits per heavy atom. The first-order valence-electron chi connectivity index (χ1n) is 11.1. The number of carbonyl (C=O) groups excluding carboxylic acids is 2. The third-order valence-corrected chi connectivity index (χ3v) is 5.73. The minimum absolute atomic E-state index is 0.101. The van der Waals surface area contributed by atoms with Crippen molar-refractivity contribution in [3.63, 3.8) is 0 Å². The van der Waals surface area contributed by atoms with Crippen LogP contribution in [0.5, 0.6) is 0 Å². The molecule has 3 amide bonds. The summed E-state index contributed by atoms with van der Waals surface area (Å²) in [6, 6.07) is -0.115. The van der Waals surface area contributed by atoms with Crippen LogP contribution < -0.4 is 10.6 Å². The predicted octanol–water partition coefficient (Wildman–Crippen LogP) is 0.999. The zero-order valence-corrected chi connectivity index (χ0v) is 18.9. The highest BCUT2D eigenvalue weighted by molar-refractivity contribution is 5.89. The normalized spacial score (nSPS) is 23.0. The van der Waals surface area contributed by atoms with Crippen LogP contribution in [-0.4, -0.2) is 96.7 Å². The zero-order chi connectivity index (χ0) is 22.2. The summed E-state index contributed by atoms with van der Waals surface area (Å²) in [7, 11) is 1.59. The van der Waals surface area contributed by atoms with Gasteiger partial charge in [0, 0.05) is 52.6 Å². The number of rotatable bonds is 8. The Labute approximate surface area is 184 Å². The number of carbonyl (C=O) groups is 2. The summed E-state index contributed by atoms with van der Waals surface area (Å²) in [5.41, 5.74) is 0.591. The number of hydrogen-bond donors (Lipinski definition) is 2. The summed E-state index contributed by atoms with van der Waals surface area (Å²) in [6.07, 6.45) is 5.82. The Kier molecular flexibility index (Phi) is 8.68. The maximum Gasteiger partial charge on any atom is 0.321 e. The summed E-state index contributed by atoms with van der Waals surface area (Å²) in [4.78, 5) is 28.8. The summed E-state index contributed by atoms with van der Waals surface area (Å²) in [6.45, 7) is 9.84. The van der Waals surface area contributed by atoms with E-state index in [0.717, 1.165) is 45.6 Å². The molecule has 2 aliphatic heterocycles. The van der Waals surface area contributed by atoms with Gasteiger partial charge in [0.05, 0.1) is 30.7 Å². The van der Waals surface area contributed by atoms with Gasteiger partial charge in [-0.1, -0.05) is 0 Å². The number of morpholine rings is 1. The second-order valence-corrected chi connectivity index (χ2v) is 8.61. The quantitative estimate of drug-likeness (QED) is 0.590. The highest BCUT2D eigenvalue weighted by atomic mass is 16.5. The molecule has 0 aliphatic carbocycles. The van der Waals surface area contributed by atoms with Gasteiger partial charge in [-0.05, 0) is 32.6 Å². The van der Waals surface area contributed by atoms with Crippen LogP contribution in [0.15, 0.2) is 12.4 Å². The predicted molar refractivity (Wildman–Crippen MR) is 117 cm³/mol. The molecule has 10 heteroatoms. The lowest BCUT2D eigenvalue weighted by Crippen LogP contribution is -2.49. The van der Waals surface area contributed by atoms with Gasteiger partial charge < -0.3 is 25.0 Å². The summed E-state index contributed by atoms with van der Waals surface area (Å²) in [5.74, 6) is 0.463. The highest BCUT2D eigenvalue weighted by Crippen LogP contribution is 2.21. The van der Waals surface area contributed by atoms with Crippen molar-refractivity contribution in [1.82, 2.24) is 24.9 Å². The molecule has 0 unspecified atom stereocenters. The second kappa shape index (κ2) is 11.4. The molecule has 2 fully saturated rings. The van der Waals surface area contributed by atoms with Crippen LogP contribution in [0.2, 0.25) is 0 Å². The molecule has 31 heavy (non-hydrogen) atoms. The zero-order valence-electron chi connectivity index (χ0n) is 18.9. The molecule has 0 saturated carbocycles. The number of aromatic nitrogens is 2. The minimum Gasteiger partial charge on any atom is -0.383 e. The van der Waals surface area contributed by atoms with Crippen LogP contribution in [0.4, 0.5) is 10.5 Å². The molecule has 174 valence electrons. The number of amides is 3. The first kappa shape index (κ1) is 23.5. The van der Waals surface area contributed by atoms with Crippen molar-refractivity contribution >= 4 is 17.6 Å². The van der Waals surface area contributed by atoms with Gasteiger partial charge in [0.2, 0.25) is 5.91 Å². The summed E-state index contributed by atoms with van der Waals surface area (Å²) < 4.78 is 12.2. The number of hydrogen-bond acceptors (Lipinski definition) is 6. The molecule has 10 nitrogen and oxygen atoms in total. The first-order chi connectivity index (χ1) is 14.9. The molecule has 0 spiro atoms. The van der Waals surface area contributed by atoms with E-state index in [0.29, 0.717) is 24.8 Å². The number of piperidine rings is 1. The van der Waals surface area contributed by atoms with Crippen LogP contribution in [-0.2, 0) is 20.8 Å². The lowest BCUT2D eigenvalue weighted by molar-refractivity contribution is -0.122. The Hall–Kier alpha value is -2.17. The summed E-state index contributed by atoms with van der Waals surface area (Å²) in [5, 5.41) is 9.78. The van der Waals surface area contributed by atoms with E-state index in [1.54, 1.807) is 19.5 Å². The van der Waals surface area contributed by atoms with Crippen LogP contribution >= 0.6 is 0 Å². The topological polar surface area (TPSA) is 101 Å². The van der Waals surface area contributed by atoms with Gasteiger partial charge in [-0.25, -0.2) is 4.79 Å². The smallest absolute Gasteiger partial charge is 0.321 e. The number of methoxy groups -OCH3 is 1. The maximum atomic E-state index is 12.6. The Balaban J connectivity index is 1.38. The number of nitrogens with one attached hydrogen (secondary N) is 2. The van der Waals surface area contributed by atoms with E-state index in [2.05, 4.69) is 34.5 Å². The number of ether oxygens (including phenoxy) is 2. The highest BCUT2D eigenvalue weighted by Gasteiger charge is 2.28. The number of urea groups is 1. The molecule has 2 saturated heterocycles. The van der Waals surface area contributed by atoms with Gasteiger partial charge in [0.25, 0.3) is 0 Å². The van der Waals surface area contributed by atoms with Crippen molar-refractivity contribution in [2.24, 2.45) is 5.92 Å².